The molecule has 9 heteroatoms. The second kappa shape index (κ2) is 4.41. The maximum Gasteiger partial charge on any atom is 0.255 e. The highest BCUT2D eigenvalue weighted by Gasteiger charge is 2.33. The maximum atomic E-state index is 11.8. The molecule has 20 heavy (non-hydrogen) atoms. The summed E-state index contributed by atoms with van der Waals surface area (Å²) in [6, 6.07) is -0.516. The van der Waals surface area contributed by atoms with Crippen LogP contribution in [0.1, 0.15) is 12.5 Å². The highest BCUT2D eigenvalue weighted by molar-refractivity contribution is 6.30. The Morgan fingerprint density at radius 3 is 2.95 bits per heavy atom. The number of hydrogen-bond acceptors (Lipinski definition) is 6. The third-order valence-corrected chi connectivity index (χ3v) is 3.64. The van der Waals surface area contributed by atoms with Crippen molar-refractivity contribution in [1.82, 2.24) is 24.9 Å². The molecule has 2 aromatic rings. The molecule has 1 unspecified atom stereocenters. The minimum Gasteiger partial charge on any atom is -0.335 e. The second-order valence-corrected chi connectivity index (χ2v) is 4.90. The summed E-state index contributed by atoms with van der Waals surface area (Å²) in [5, 5.41) is 6.64. The number of halogens is 1. The Bertz CT molecular complexity index is 727. The van der Waals surface area contributed by atoms with Gasteiger partial charge in [-0.25, -0.2) is 0 Å². The van der Waals surface area contributed by atoms with Gasteiger partial charge in [0.05, 0.1) is 6.54 Å². The molecule has 1 atom stereocenters. The zero-order valence-electron chi connectivity index (χ0n) is 10.8. The van der Waals surface area contributed by atoms with Crippen LogP contribution >= 0.6 is 11.6 Å². The molecule has 2 aromatic heterocycles. The summed E-state index contributed by atoms with van der Waals surface area (Å²) >= 11 is 6.09. The largest absolute Gasteiger partial charge is 0.335 e. The van der Waals surface area contributed by atoms with Crippen molar-refractivity contribution in [3.05, 3.63) is 17.0 Å². The smallest absolute Gasteiger partial charge is 0.255 e. The molecule has 1 fully saturated rings. The average Bonchev–Trinajstić information content (AvgIpc) is 2.83. The highest BCUT2D eigenvalue weighted by atomic mass is 35.5. The fraction of sp³-hybridized carbons (Fsp3) is 0.364. The van der Waals surface area contributed by atoms with Gasteiger partial charge in [-0.2, -0.15) is 19.6 Å². The number of piperazine rings is 1. The Hall–Kier alpha value is -2.22. The standard InChI is InChI=1S/C11H11ClN6O2/c1-5-8(12)16-11-13-4-14-18(11)10(5)17-3-7(19)15-9(20)6(17)2/h4,6H,3H2,1-2H3,(H,15,19,20). The lowest BCUT2D eigenvalue weighted by molar-refractivity contribution is -0.132. The third-order valence-electron chi connectivity index (χ3n) is 3.27. The number of carbonyl (C=O) groups excluding carboxylic acids is 2. The molecule has 104 valence electrons. The first-order chi connectivity index (χ1) is 9.49. The molecule has 2 amide bonds. The summed E-state index contributed by atoms with van der Waals surface area (Å²) in [4.78, 5) is 33.1. The molecule has 1 aliphatic heterocycles. The predicted octanol–water partition coefficient (Wildman–Crippen LogP) is -0.0626. The number of imide groups is 1. The van der Waals surface area contributed by atoms with Crippen molar-refractivity contribution >= 4 is 35.0 Å². The van der Waals surface area contributed by atoms with Crippen molar-refractivity contribution in [2.75, 3.05) is 11.4 Å². The van der Waals surface area contributed by atoms with E-state index in [1.165, 1.54) is 10.8 Å². The monoisotopic (exact) mass is 294 g/mol. The molecule has 8 nitrogen and oxygen atoms in total. The van der Waals surface area contributed by atoms with E-state index in [1.807, 2.05) is 0 Å². The van der Waals surface area contributed by atoms with Gasteiger partial charge in [0.2, 0.25) is 11.8 Å². The number of aromatic nitrogens is 4. The normalized spacial score (nSPS) is 19.6. The first kappa shape index (κ1) is 12.8. The van der Waals surface area contributed by atoms with Gasteiger partial charge in [0.1, 0.15) is 23.3 Å². The van der Waals surface area contributed by atoms with E-state index >= 15 is 0 Å². The molecule has 0 aliphatic carbocycles. The minimum absolute atomic E-state index is 0.0447. The van der Waals surface area contributed by atoms with Gasteiger partial charge in [-0.15, -0.1) is 0 Å². The van der Waals surface area contributed by atoms with Crippen molar-refractivity contribution in [2.45, 2.75) is 19.9 Å². The Kier molecular flexibility index (Phi) is 2.82. The summed E-state index contributed by atoms with van der Waals surface area (Å²) in [5.74, 6) is 0.144. The molecule has 3 heterocycles. The van der Waals surface area contributed by atoms with Crippen molar-refractivity contribution in [3.8, 4) is 0 Å². The Morgan fingerprint density at radius 1 is 1.45 bits per heavy atom. The fourth-order valence-electron chi connectivity index (χ4n) is 2.19. The first-order valence-electron chi connectivity index (χ1n) is 5.95. The van der Waals surface area contributed by atoms with Gasteiger partial charge in [0.15, 0.2) is 0 Å². The van der Waals surface area contributed by atoms with Gasteiger partial charge < -0.3 is 4.90 Å². The van der Waals surface area contributed by atoms with Gasteiger partial charge in [-0.3, -0.25) is 14.9 Å². The van der Waals surface area contributed by atoms with Crippen molar-refractivity contribution in [2.24, 2.45) is 0 Å². The molecule has 0 bridgehead atoms. The maximum absolute atomic E-state index is 11.8. The molecule has 0 aromatic carbocycles. The van der Waals surface area contributed by atoms with Crippen LogP contribution in [-0.2, 0) is 9.59 Å². The summed E-state index contributed by atoms with van der Waals surface area (Å²) in [6.45, 7) is 3.51. The topological polar surface area (TPSA) is 92.5 Å². The van der Waals surface area contributed by atoms with Crippen LogP contribution in [0.5, 0.6) is 0 Å². The zero-order chi connectivity index (χ0) is 14.4. The summed E-state index contributed by atoms with van der Waals surface area (Å²) < 4.78 is 1.48. The number of nitrogens with zero attached hydrogens (tertiary/aromatic N) is 5. The van der Waals surface area contributed by atoms with Crippen molar-refractivity contribution < 1.29 is 9.59 Å². The van der Waals surface area contributed by atoms with E-state index in [9.17, 15) is 9.59 Å². The Balaban J connectivity index is 2.22. The Labute approximate surface area is 118 Å². The van der Waals surface area contributed by atoms with E-state index in [1.54, 1.807) is 18.7 Å². The molecular formula is C11H11ClN6O2. The molecule has 1 aliphatic rings. The number of carbonyl (C=O) groups is 2. The minimum atomic E-state index is -0.516. The molecule has 1 N–H and O–H groups in total. The van der Waals surface area contributed by atoms with Gasteiger partial charge >= 0.3 is 0 Å². The summed E-state index contributed by atoms with van der Waals surface area (Å²) in [5.41, 5.74) is 0.638. The third kappa shape index (κ3) is 1.80. The van der Waals surface area contributed by atoms with Crippen LogP contribution in [0.25, 0.3) is 5.78 Å². The number of hydrogen-bond donors (Lipinski definition) is 1. The number of fused-ring (bicyclic) bond motifs is 1. The quantitative estimate of drug-likeness (QED) is 0.585. The number of rotatable bonds is 1. The van der Waals surface area contributed by atoms with Crippen LogP contribution in [0, 0.1) is 6.92 Å². The van der Waals surface area contributed by atoms with E-state index < -0.39 is 6.04 Å². The number of anilines is 1. The van der Waals surface area contributed by atoms with E-state index in [-0.39, 0.29) is 23.5 Å². The second-order valence-electron chi connectivity index (χ2n) is 4.54. The highest BCUT2D eigenvalue weighted by Crippen LogP contribution is 2.27. The summed E-state index contributed by atoms with van der Waals surface area (Å²) in [6.07, 6.45) is 1.35. The number of amides is 2. The van der Waals surface area contributed by atoms with Gasteiger partial charge in [0, 0.05) is 5.56 Å². The van der Waals surface area contributed by atoms with Crippen LogP contribution in [0.2, 0.25) is 5.15 Å². The van der Waals surface area contributed by atoms with E-state index in [4.69, 9.17) is 11.6 Å². The fourth-order valence-corrected chi connectivity index (χ4v) is 2.35. The SMILES string of the molecule is Cc1c(Cl)nc2ncnn2c1N1CC(=O)NC(=O)C1C. The Morgan fingerprint density at radius 2 is 2.20 bits per heavy atom. The van der Waals surface area contributed by atoms with Crippen molar-refractivity contribution in [1.29, 1.82) is 0 Å². The van der Waals surface area contributed by atoms with E-state index in [0.717, 1.165) is 0 Å². The zero-order valence-corrected chi connectivity index (χ0v) is 11.5. The molecular weight excluding hydrogens is 284 g/mol. The van der Waals surface area contributed by atoms with Crippen LogP contribution in [-0.4, -0.2) is 44.0 Å². The van der Waals surface area contributed by atoms with Crippen molar-refractivity contribution in [3.63, 3.8) is 0 Å². The molecule has 3 rings (SSSR count). The van der Waals surface area contributed by atoms with Crippen LogP contribution in [0.3, 0.4) is 0 Å². The average molecular weight is 295 g/mol. The first-order valence-corrected chi connectivity index (χ1v) is 6.33. The molecule has 0 radical (unpaired) electrons. The van der Waals surface area contributed by atoms with Gasteiger partial charge in [-0.05, 0) is 13.8 Å². The molecule has 0 spiro atoms. The van der Waals surface area contributed by atoms with Gasteiger partial charge in [0.25, 0.3) is 5.78 Å². The lowest BCUT2D eigenvalue weighted by Gasteiger charge is -2.34. The predicted molar refractivity (Wildman–Crippen MR) is 70.5 cm³/mol. The van der Waals surface area contributed by atoms with E-state index in [2.05, 4.69) is 20.4 Å². The van der Waals surface area contributed by atoms with Crippen LogP contribution in [0.15, 0.2) is 6.33 Å². The molecule has 1 saturated heterocycles. The number of nitrogens with one attached hydrogen (secondary N) is 1. The van der Waals surface area contributed by atoms with E-state index in [0.29, 0.717) is 17.2 Å². The van der Waals surface area contributed by atoms with Crippen LogP contribution < -0.4 is 10.2 Å². The summed E-state index contributed by atoms with van der Waals surface area (Å²) in [7, 11) is 0. The molecule has 0 saturated carbocycles. The lowest BCUT2D eigenvalue weighted by atomic mass is 10.2. The van der Waals surface area contributed by atoms with Crippen LogP contribution in [0.4, 0.5) is 5.82 Å². The van der Waals surface area contributed by atoms with Gasteiger partial charge in [-0.1, -0.05) is 11.6 Å². The lowest BCUT2D eigenvalue weighted by Crippen LogP contribution is -2.57.